The quantitative estimate of drug-likeness (QED) is 0.850. The molecule has 1 N–H and O–H groups in total. The fourth-order valence-electron chi connectivity index (χ4n) is 2.09. The highest BCUT2D eigenvalue weighted by Crippen LogP contribution is 2.35. The van der Waals surface area contributed by atoms with Crippen molar-refractivity contribution in [2.24, 2.45) is 0 Å². The lowest BCUT2D eigenvalue weighted by Crippen LogP contribution is -2.21. The standard InChI is InChI=1S/C15H20N2O2S/c1-4-17-14(15-13(18-3)6-7-20-15)11-8-12(19-5-2)10-16-9-11/h6-10,14,17H,4-5H2,1-3H3. The van der Waals surface area contributed by atoms with Crippen LogP contribution in [-0.4, -0.2) is 25.2 Å². The van der Waals surface area contributed by atoms with Crippen molar-refractivity contribution in [3.05, 3.63) is 40.3 Å². The number of hydrogen-bond donors (Lipinski definition) is 1. The SMILES string of the molecule is CCNC(c1cncc(OCC)c1)c1sccc1OC. The Hall–Kier alpha value is -1.59. The largest absolute Gasteiger partial charge is 0.496 e. The molecule has 4 nitrogen and oxygen atoms in total. The highest BCUT2D eigenvalue weighted by Gasteiger charge is 2.19. The Labute approximate surface area is 123 Å². The lowest BCUT2D eigenvalue weighted by molar-refractivity contribution is 0.338. The summed E-state index contributed by atoms with van der Waals surface area (Å²) in [6, 6.07) is 4.09. The summed E-state index contributed by atoms with van der Waals surface area (Å²) in [5, 5.41) is 5.52. The predicted octanol–water partition coefficient (Wildman–Crippen LogP) is 3.25. The van der Waals surface area contributed by atoms with Gasteiger partial charge in [-0.1, -0.05) is 6.92 Å². The molecule has 1 unspecified atom stereocenters. The first-order chi connectivity index (χ1) is 9.80. The van der Waals surface area contributed by atoms with E-state index in [-0.39, 0.29) is 6.04 Å². The number of rotatable bonds is 7. The van der Waals surface area contributed by atoms with Crippen LogP contribution in [0.4, 0.5) is 0 Å². The van der Waals surface area contributed by atoms with Gasteiger partial charge in [-0.2, -0.15) is 0 Å². The van der Waals surface area contributed by atoms with Crippen LogP contribution in [0.25, 0.3) is 0 Å². The van der Waals surface area contributed by atoms with E-state index in [0.29, 0.717) is 6.61 Å². The molecule has 1 atom stereocenters. The highest BCUT2D eigenvalue weighted by atomic mass is 32.1. The van der Waals surface area contributed by atoms with E-state index >= 15 is 0 Å². The Bertz CT molecular complexity index is 542. The number of nitrogens with one attached hydrogen (secondary N) is 1. The second-order valence-electron chi connectivity index (χ2n) is 4.23. The van der Waals surface area contributed by atoms with Gasteiger partial charge in [0, 0.05) is 6.20 Å². The molecular weight excluding hydrogens is 272 g/mol. The third-order valence-electron chi connectivity index (χ3n) is 2.93. The van der Waals surface area contributed by atoms with E-state index in [4.69, 9.17) is 9.47 Å². The minimum Gasteiger partial charge on any atom is -0.496 e. The van der Waals surface area contributed by atoms with Gasteiger partial charge in [0.15, 0.2) is 0 Å². The van der Waals surface area contributed by atoms with Gasteiger partial charge in [0.25, 0.3) is 0 Å². The molecule has 0 aliphatic heterocycles. The number of aromatic nitrogens is 1. The number of methoxy groups -OCH3 is 1. The normalized spacial score (nSPS) is 12.2. The molecule has 2 heterocycles. The Morgan fingerprint density at radius 1 is 1.35 bits per heavy atom. The van der Waals surface area contributed by atoms with Crippen molar-refractivity contribution >= 4 is 11.3 Å². The summed E-state index contributed by atoms with van der Waals surface area (Å²) < 4.78 is 11.0. The van der Waals surface area contributed by atoms with Crippen LogP contribution in [0.3, 0.4) is 0 Å². The van der Waals surface area contributed by atoms with Gasteiger partial charge in [-0.25, -0.2) is 0 Å². The van der Waals surface area contributed by atoms with E-state index in [1.807, 2.05) is 30.6 Å². The fraction of sp³-hybridized carbons (Fsp3) is 0.400. The van der Waals surface area contributed by atoms with Crippen molar-refractivity contribution in [2.75, 3.05) is 20.3 Å². The summed E-state index contributed by atoms with van der Waals surface area (Å²) in [5.74, 6) is 1.70. The Morgan fingerprint density at radius 2 is 2.20 bits per heavy atom. The summed E-state index contributed by atoms with van der Waals surface area (Å²) in [6.45, 7) is 5.56. The van der Waals surface area contributed by atoms with Crippen molar-refractivity contribution in [1.82, 2.24) is 10.3 Å². The number of pyridine rings is 1. The Morgan fingerprint density at radius 3 is 2.90 bits per heavy atom. The molecule has 0 fully saturated rings. The van der Waals surface area contributed by atoms with E-state index in [1.165, 1.54) is 0 Å². The van der Waals surface area contributed by atoms with E-state index in [0.717, 1.165) is 28.5 Å². The Balaban J connectivity index is 2.35. The second kappa shape index (κ2) is 7.26. The molecule has 0 bridgehead atoms. The first-order valence-electron chi connectivity index (χ1n) is 6.72. The first-order valence-corrected chi connectivity index (χ1v) is 7.60. The van der Waals surface area contributed by atoms with E-state index in [2.05, 4.69) is 17.2 Å². The molecule has 0 aliphatic rings. The number of hydrogen-bond acceptors (Lipinski definition) is 5. The van der Waals surface area contributed by atoms with Crippen LogP contribution < -0.4 is 14.8 Å². The monoisotopic (exact) mass is 292 g/mol. The predicted molar refractivity (Wildman–Crippen MR) is 81.8 cm³/mol. The molecule has 5 heteroatoms. The second-order valence-corrected chi connectivity index (χ2v) is 5.18. The molecule has 0 radical (unpaired) electrons. The van der Waals surface area contributed by atoms with Gasteiger partial charge in [-0.3, -0.25) is 4.98 Å². The van der Waals surface area contributed by atoms with E-state index in [1.54, 1.807) is 24.6 Å². The van der Waals surface area contributed by atoms with Crippen LogP contribution in [0.15, 0.2) is 29.9 Å². The van der Waals surface area contributed by atoms with Crippen LogP contribution in [-0.2, 0) is 0 Å². The Kier molecular flexibility index (Phi) is 5.38. The van der Waals surface area contributed by atoms with Gasteiger partial charge in [-0.05, 0) is 36.5 Å². The molecule has 2 aromatic rings. The zero-order valence-electron chi connectivity index (χ0n) is 12.1. The molecule has 0 spiro atoms. The summed E-state index contributed by atoms with van der Waals surface area (Å²) in [5.41, 5.74) is 1.08. The first kappa shape index (κ1) is 14.8. The zero-order valence-corrected chi connectivity index (χ0v) is 12.9. The maximum absolute atomic E-state index is 5.53. The maximum atomic E-state index is 5.53. The van der Waals surface area contributed by atoms with Gasteiger partial charge in [0.05, 0.1) is 30.8 Å². The molecule has 0 saturated carbocycles. The van der Waals surface area contributed by atoms with E-state index < -0.39 is 0 Å². The van der Waals surface area contributed by atoms with Crippen molar-refractivity contribution in [1.29, 1.82) is 0 Å². The summed E-state index contributed by atoms with van der Waals surface area (Å²) in [4.78, 5) is 5.43. The van der Waals surface area contributed by atoms with Crippen LogP contribution in [0.1, 0.15) is 30.3 Å². The topological polar surface area (TPSA) is 43.4 Å². The van der Waals surface area contributed by atoms with Gasteiger partial charge in [0.2, 0.25) is 0 Å². The zero-order chi connectivity index (χ0) is 14.4. The number of ether oxygens (including phenoxy) is 2. The highest BCUT2D eigenvalue weighted by molar-refractivity contribution is 7.10. The molecule has 0 saturated heterocycles. The molecule has 20 heavy (non-hydrogen) atoms. The molecule has 0 aliphatic carbocycles. The number of nitrogens with zero attached hydrogens (tertiary/aromatic N) is 1. The average molecular weight is 292 g/mol. The third kappa shape index (κ3) is 3.29. The van der Waals surface area contributed by atoms with E-state index in [9.17, 15) is 0 Å². The fourth-order valence-corrected chi connectivity index (χ4v) is 3.05. The van der Waals surface area contributed by atoms with Crippen molar-refractivity contribution in [2.45, 2.75) is 19.9 Å². The number of thiophene rings is 1. The van der Waals surface area contributed by atoms with Crippen LogP contribution in [0, 0.1) is 0 Å². The van der Waals surface area contributed by atoms with Crippen molar-refractivity contribution in [3.8, 4) is 11.5 Å². The molecule has 108 valence electrons. The van der Waals surface area contributed by atoms with Crippen LogP contribution in [0.5, 0.6) is 11.5 Å². The van der Waals surface area contributed by atoms with Gasteiger partial charge in [0.1, 0.15) is 11.5 Å². The lowest BCUT2D eigenvalue weighted by atomic mass is 10.1. The van der Waals surface area contributed by atoms with Crippen LogP contribution in [0.2, 0.25) is 0 Å². The van der Waals surface area contributed by atoms with Crippen LogP contribution >= 0.6 is 11.3 Å². The molecule has 2 aromatic heterocycles. The maximum Gasteiger partial charge on any atom is 0.137 e. The molecular formula is C15H20N2O2S. The van der Waals surface area contributed by atoms with Gasteiger partial charge in [-0.15, -0.1) is 11.3 Å². The molecule has 0 amide bonds. The third-order valence-corrected chi connectivity index (χ3v) is 3.89. The summed E-state index contributed by atoms with van der Waals surface area (Å²) in [7, 11) is 1.70. The van der Waals surface area contributed by atoms with Crippen molar-refractivity contribution < 1.29 is 9.47 Å². The van der Waals surface area contributed by atoms with Gasteiger partial charge >= 0.3 is 0 Å². The van der Waals surface area contributed by atoms with Crippen molar-refractivity contribution in [3.63, 3.8) is 0 Å². The summed E-state index contributed by atoms with van der Waals surface area (Å²) >= 11 is 1.68. The molecule has 0 aromatic carbocycles. The average Bonchev–Trinajstić information content (AvgIpc) is 2.93. The minimum absolute atomic E-state index is 0.0721. The summed E-state index contributed by atoms with van der Waals surface area (Å²) in [6.07, 6.45) is 3.61. The van der Waals surface area contributed by atoms with Gasteiger partial charge < -0.3 is 14.8 Å². The lowest BCUT2D eigenvalue weighted by Gasteiger charge is -2.18. The minimum atomic E-state index is 0.0721. The molecule has 2 rings (SSSR count). The smallest absolute Gasteiger partial charge is 0.137 e.